The van der Waals surface area contributed by atoms with E-state index in [-0.39, 0.29) is 0 Å². The molecule has 0 aliphatic carbocycles. The average molecular weight is 500 g/mol. The number of ether oxygens (including phenoxy) is 3. The number of sulfonamides is 1. The number of pyridine rings is 2. The lowest BCUT2D eigenvalue weighted by molar-refractivity contribution is 0.348. The van der Waals surface area contributed by atoms with Gasteiger partial charge in [-0.15, -0.1) is 0 Å². The Bertz CT molecular complexity index is 2270. The van der Waals surface area contributed by atoms with Crippen LogP contribution in [-0.4, -0.2) is 42.4 Å². The van der Waals surface area contributed by atoms with E-state index in [1.54, 1.807) is 4.72 Å². The molecule has 0 atom stereocenters. The molecule has 0 aliphatic heterocycles. The van der Waals surface area contributed by atoms with E-state index in [9.17, 15) is 8.42 Å². The lowest BCUT2D eigenvalue weighted by Gasteiger charge is -2.17. The zero-order valence-corrected chi connectivity index (χ0v) is 17.1. The fourth-order valence-electron chi connectivity index (χ4n) is 2.23. The highest BCUT2D eigenvalue weighted by atomic mass is 32.2. The summed E-state index contributed by atoms with van der Waals surface area (Å²) in [6, 6.07) is -9.07. The molecule has 1 aromatic carbocycles. The molecule has 1 N–H and O–H groups in total. The van der Waals surface area contributed by atoms with Crippen LogP contribution in [0.15, 0.2) is 71.9 Å². The molecule has 174 valence electrons. The average Bonchev–Trinajstić information content (AvgIpc) is 3.00. The van der Waals surface area contributed by atoms with Crippen LogP contribution >= 0.6 is 0 Å². The number of nitrogens with zero attached hydrogens (tertiary/aromatic N) is 4. The molecule has 4 aromatic rings. The van der Waals surface area contributed by atoms with Crippen LogP contribution < -0.4 is 18.9 Å². The zero-order valence-electron chi connectivity index (χ0n) is 36.2. The third kappa shape index (κ3) is 4.89. The van der Waals surface area contributed by atoms with Gasteiger partial charge in [0, 0.05) is 28.2 Å². The fraction of sp³-hybridized carbons (Fsp3) is 0.130. The number of rotatable bonds is 8. The maximum atomic E-state index is 13.8. The Morgan fingerprint density at radius 1 is 0.971 bits per heavy atom. The Morgan fingerprint density at radius 3 is 2.53 bits per heavy atom. The lowest BCUT2D eigenvalue weighted by Crippen LogP contribution is -2.17. The van der Waals surface area contributed by atoms with Crippen molar-refractivity contribution in [2.24, 2.45) is 0 Å². The molecular weight excluding hydrogens is 458 g/mol. The number of anilines is 1. The van der Waals surface area contributed by atoms with Gasteiger partial charge in [-0.1, -0.05) is 18.1 Å². The van der Waals surface area contributed by atoms with E-state index in [2.05, 4.69) is 19.9 Å². The zero-order chi connectivity index (χ0) is 41.2. The SMILES string of the molecule is [2H]c1nc([2H])c([2H])c(-c2nc(NS(=O)(=O)c3nc([2H])c(C([2H])([2H])[2H])c([2H])c3[2H])c(Oc3c([2H])c([2H])c([2H])c([2H])c3OC([2H])([2H])[2H])c(OC([2H])([2H])[2H])n2)c1[2H]. The standard InChI is InChI=1S/C23H21N5O5S/c1-15-8-9-19(25-14-15)34(29,30)28-22-20(33-18-7-5-4-6-17(18)31-2)23(32-3)27-21(26-22)16-10-12-24-13-11-16/h4-14H,1-3H3,(H,26,27,28)/i1D3,2D3,3D3,4D,5D,6D,7D,8D,9D,10D,11D,12D,13D,14D. The lowest BCUT2D eigenvalue weighted by atomic mass is 10.2. The molecule has 11 heteroatoms. The van der Waals surface area contributed by atoms with E-state index in [0.717, 1.165) is 0 Å². The van der Waals surface area contributed by atoms with E-state index in [0.29, 0.717) is 0 Å². The molecule has 0 saturated heterocycles. The summed E-state index contributed by atoms with van der Waals surface area (Å²) in [4.78, 5) is 14.3. The van der Waals surface area contributed by atoms with Crippen LogP contribution in [0, 0.1) is 6.85 Å². The number of nitrogens with one attached hydrogen (secondary N) is 1. The summed E-state index contributed by atoms with van der Waals surface area (Å²) in [6.45, 7) is -3.21. The molecule has 34 heavy (non-hydrogen) atoms. The third-order valence-corrected chi connectivity index (χ3v) is 4.77. The van der Waals surface area contributed by atoms with E-state index in [4.69, 9.17) is 41.6 Å². The number of aromatic nitrogens is 4. The first-order valence-electron chi connectivity index (χ1n) is 18.5. The van der Waals surface area contributed by atoms with E-state index in [1.807, 2.05) is 0 Å². The molecule has 0 unspecified atom stereocenters. The molecule has 0 aliphatic rings. The monoisotopic (exact) mass is 499 g/mol. The minimum Gasteiger partial charge on any atom is -0.493 e. The summed E-state index contributed by atoms with van der Waals surface area (Å²) in [7, 11) is -12.5. The van der Waals surface area contributed by atoms with E-state index < -0.39 is 149 Å². The predicted octanol–water partition coefficient (Wildman–Crippen LogP) is 3.85. The van der Waals surface area contributed by atoms with Crippen LogP contribution in [0.1, 0.15) is 33.0 Å². The molecule has 0 saturated carbocycles. The van der Waals surface area contributed by atoms with Gasteiger partial charge in [-0.2, -0.15) is 13.4 Å². The van der Waals surface area contributed by atoms with Gasteiger partial charge in [-0.25, -0.2) is 9.97 Å². The molecule has 0 radical (unpaired) electrons. The summed E-state index contributed by atoms with van der Waals surface area (Å²) in [6.07, 6.45) is -3.16. The highest BCUT2D eigenvalue weighted by Gasteiger charge is 2.25. The van der Waals surface area contributed by atoms with Crippen molar-refractivity contribution in [2.75, 3.05) is 18.8 Å². The van der Waals surface area contributed by atoms with Crippen molar-refractivity contribution in [3.05, 3.63) is 72.4 Å². The van der Waals surface area contributed by atoms with Crippen molar-refractivity contribution in [2.45, 2.75) is 11.9 Å². The second-order valence-corrected chi connectivity index (χ2v) is 7.31. The third-order valence-electron chi connectivity index (χ3n) is 3.60. The first-order valence-corrected chi connectivity index (χ1v) is 9.99. The second-order valence-electron chi connectivity index (χ2n) is 5.71. The maximum absolute atomic E-state index is 13.8. The smallest absolute Gasteiger partial charge is 0.280 e. The minimum absolute atomic E-state index is 0.848. The number of hydrogen-bond acceptors (Lipinski definition) is 9. The number of benzene rings is 1. The Kier molecular flexibility index (Phi) is 2.52. The van der Waals surface area contributed by atoms with Gasteiger partial charge in [-0.05, 0) is 42.6 Å². The van der Waals surface area contributed by atoms with Gasteiger partial charge in [0.15, 0.2) is 28.2 Å². The first-order chi connectivity index (χ1) is 24.5. The summed E-state index contributed by atoms with van der Waals surface area (Å²) >= 11 is 0. The van der Waals surface area contributed by atoms with Gasteiger partial charge in [0.2, 0.25) is 5.75 Å². The van der Waals surface area contributed by atoms with Crippen molar-refractivity contribution in [3.8, 4) is 34.5 Å². The summed E-state index contributed by atoms with van der Waals surface area (Å²) < 4.78 is 202. The molecule has 0 amide bonds. The quantitative estimate of drug-likeness (QED) is 0.385. The molecule has 0 fully saturated rings. The van der Waals surface area contributed by atoms with Crippen molar-refractivity contribution >= 4 is 15.8 Å². The minimum atomic E-state index is -5.53. The van der Waals surface area contributed by atoms with E-state index in [1.165, 1.54) is 0 Å². The van der Waals surface area contributed by atoms with Crippen LogP contribution in [0.5, 0.6) is 23.1 Å². The van der Waals surface area contributed by atoms with Crippen molar-refractivity contribution < 1.29 is 50.0 Å². The number of hydrogen-bond donors (Lipinski definition) is 1. The summed E-state index contributed by atoms with van der Waals surface area (Å²) in [5, 5.41) is -1.49. The number of methoxy groups -OCH3 is 2. The molecular formula is C23H21N5O5S. The molecule has 4 rings (SSSR count). The van der Waals surface area contributed by atoms with Crippen LogP contribution in [0.2, 0.25) is 0 Å². The van der Waals surface area contributed by atoms with Crippen LogP contribution in [0.3, 0.4) is 0 Å². The maximum Gasteiger partial charge on any atom is 0.280 e. The normalized spacial score (nSPS) is 20.6. The van der Waals surface area contributed by atoms with Crippen molar-refractivity contribution in [1.82, 2.24) is 19.9 Å². The van der Waals surface area contributed by atoms with Crippen molar-refractivity contribution in [1.29, 1.82) is 0 Å². The van der Waals surface area contributed by atoms with Crippen LogP contribution in [-0.2, 0) is 10.0 Å². The molecule has 3 heterocycles. The Labute approximate surface area is 224 Å². The van der Waals surface area contributed by atoms with Gasteiger partial charge in [0.05, 0.1) is 37.4 Å². The van der Waals surface area contributed by atoms with Gasteiger partial charge in [0.25, 0.3) is 15.9 Å². The Hall–Kier alpha value is -4.25. The predicted molar refractivity (Wildman–Crippen MR) is 125 cm³/mol. The summed E-state index contributed by atoms with van der Waals surface area (Å²) in [5.41, 5.74) is -1.95. The second kappa shape index (κ2) is 9.71. The molecule has 10 nitrogen and oxygen atoms in total. The van der Waals surface area contributed by atoms with Gasteiger partial charge in [-0.3, -0.25) is 9.71 Å². The highest BCUT2D eigenvalue weighted by molar-refractivity contribution is 7.92. The van der Waals surface area contributed by atoms with Gasteiger partial charge in [0.1, 0.15) is 0 Å². The topological polar surface area (TPSA) is 125 Å². The van der Waals surface area contributed by atoms with E-state index >= 15 is 0 Å². The largest absolute Gasteiger partial charge is 0.493 e. The van der Waals surface area contributed by atoms with Crippen LogP contribution in [0.25, 0.3) is 11.4 Å². The van der Waals surface area contributed by atoms with Crippen LogP contribution in [0.4, 0.5) is 5.82 Å². The molecule has 0 spiro atoms. The summed E-state index contributed by atoms with van der Waals surface area (Å²) in [5.74, 6) is -7.60. The van der Waals surface area contributed by atoms with Gasteiger partial charge >= 0.3 is 0 Å². The first kappa shape index (κ1) is 8.84. The Balaban J connectivity index is 2.16. The number of para-hydroxylation sites is 2. The molecule has 0 bridgehead atoms. The Morgan fingerprint density at radius 2 is 1.76 bits per heavy atom. The van der Waals surface area contributed by atoms with Gasteiger partial charge < -0.3 is 14.2 Å². The van der Waals surface area contributed by atoms with Crippen molar-refractivity contribution in [3.63, 3.8) is 0 Å². The highest BCUT2D eigenvalue weighted by Crippen LogP contribution is 2.41. The fourth-order valence-corrected chi connectivity index (χ4v) is 3.07. The molecule has 3 aromatic heterocycles.